The lowest BCUT2D eigenvalue weighted by atomic mass is 10.1. The normalized spacial score (nSPS) is 10.2. The van der Waals surface area contributed by atoms with Gasteiger partial charge in [0.15, 0.2) is 5.78 Å². The largest absolute Gasteiger partial charge is 0.385 e. The standard InChI is InChI=1S/C17H16Cl2N2O2/c1-11(22)12-2-5-14(6-3-12)20-9-8-17(23)21-16-7-4-13(18)10-15(16)19/h2-7,10,20H,8-9H2,1H3,(H,21,23). The Morgan fingerprint density at radius 1 is 1.04 bits per heavy atom. The SMILES string of the molecule is CC(=O)c1ccc(NCCC(=O)Nc2ccc(Cl)cc2Cl)cc1. The van der Waals surface area contributed by atoms with Crippen molar-refractivity contribution in [2.45, 2.75) is 13.3 Å². The summed E-state index contributed by atoms with van der Waals surface area (Å²) < 4.78 is 0. The predicted molar refractivity (Wildman–Crippen MR) is 94.6 cm³/mol. The van der Waals surface area contributed by atoms with E-state index in [4.69, 9.17) is 23.2 Å². The number of carbonyl (C=O) groups excluding carboxylic acids is 2. The second-order valence-corrected chi connectivity index (χ2v) is 5.83. The van der Waals surface area contributed by atoms with Gasteiger partial charge in [-0.25, -0.2) is 0 Å². The lowest BCUT2D eigenvalue weighted by Gasteiger charge is -2.09. The number of hydrogen-bond acceptors (Lipinski definition) is 3. The third-order valence-electron chi connectivity index (χ3n) is 3.18. The number of nitrogens with one attached hydrogen (secondary N) is 2. The molecule has 120 valence electrons. The number of Topliss-reactive ketones (excluding diaryl/α,β-unsaturated/α-hetero) is 1. The van der Waals surface area contributed by atoms with Gasteiger partial charge in [0, 0.05) is 29.2 Å². The minimum absolute atomic E-state index is 0.0239. The molecule has 0 fully saturated rings. The average molecular weight is 351 g/mol. The molecule has 23 heavy (non-hydrogen) atoms. The summed E-state index contributed by atoms with van der Waals surface area (Å²) in [6.45, 7) is 1.99. The average Bonchev–Trinajstić information content (AvgIpc) is 2.50. The molecular weight excluding hydrogens is 335 g/mol. The van der Waals surface area contributed by atoms with Gasteiger partial charge in [-0.05, 0) is 49.4 Å². The number of rotatable bonds is 6. The second-order valence-electron chi connectivity index (χ2n) is 4.98. The van der Waals surface area contributed by atoms with Gasteiger partial charge in [-0.1, -0.05) is 23.2 Å². The number of hydrogen-bond donors (Lipinski definition) is 2. The Kier molecular flexibility index (Phi) is 6.02. The van der Waals surface area contributed by atoms with Crippen molar-refractivity contribution in [3.05, 3.63) is 58.1 Å². The van der Waals surface area contributed by atoms with E-state index in [0.717, 1.165) is 5.69 Å². The van der Waals surface area contributed by atoms with E-state index in [-0.39, 0.29) is 18.1 Å². The van der Waals surface area contributed by atoms with E-state index < -0.39 is 0 Å². The van der Waals surface area contributed by atoms with Crippen LogP contribution in [0.3, 0.4) is 0 Å². The van der Waals surface area contributed by atoms with E-state index in [1.807, 2.05) is 12.1 Å². The summed E-state index contributed by atoms with van der Waals surface area (Å²) >= 11 is 11.8. The van der Waals surface area contributed by atoms with E-state index >= 15 is 0 Å². The first-order valence-corrected chi connectivity index (χ1v) is 7.81. The first-order chi connectivity index (χ1) is 11.0. The monoisotopic (exact) mass is 350 g/mol. The van der Waals surface area contributed by atoms with E-state index in [1.54, 1.807) is 30.3 Å². The fourth-order valence-electron chi connectivity index (χ4n) is 1.95. The number of carbonyl (C=O) groups is 2. The zero-order chi connectivity index (χ0) is 16.8. The third-order valence-corrected chi connectivity index (χ3v) is 3.73. The molecule has 0 unspecified atom stereocenters. The van der Waals surface area contributed by atoms with Gasteiger partial charge < -0.3 is 10.6 Å². The van der Waals surface area contributed by atoms with Crippen LogP contribution in [0.2, 0.25) is 10.0 Å². The Morgan fingerprint density at radius 3 is 2.35 bits per heavy atom. The molecule has 0 aliphatic heterocycles. The molecule has 0 bridgehead atoms. The number of benzene rings is 2. The van der Waals surface area contributed by atoms with Gasteiger partial charge in [-0.3, -0.25) is 9.59 Å². The topological polar surface area (TPSA) is 58.2 Å². The maximum absolute atomic E-state index is 11.9. The highest BCUT2D eigenvalue weighted by molar-refractivity contribution is 6.36. The van der Waals surface area contributed by atoms with Gasteiger partial charge in [-0.15, -0.1) is 0 Å². The van der Waals surface area contributed by atoms with Crippen LogP contribution in [0.25, 0.3) is 0 Å². The molecule has 0 aromatic heterocycles. The lowest BCUT2D eigenvalue weighted by molar-refractivity contribution is -0.115. The first-order valence-electron chi connectivity index (χ1n) is 7.05. The van der Waals surface area contributed by atoms with Crippen molar-refractivity contribution in [3.63, 3.8) is 0 Å². The molecule has 6 heteroatoms. The van der Waals surface area contributed by atoms with Crippen LogP contribution in [0.1, 0.15) is 23.7 Å². The fraction of sp³-hybridized carbons (Fsp3) is 0.176. The molecule has 2 aromatic rings. The second kappa shape index (κ2) is 7.99. The Morgan fingerprint density at radius 2 is 1.74 bits per heavy atom. The molecule has 0 heterocycles. The van der Waals surface area contributed by atoms with Crippen LogP contribution in [-0.2, 0) is 4.79 Å². The Balaban J connectivity index is 1.81. The maximum Gasteiger partial charge on any atom is 0.226 e. The van der Waals surface area contributed by atoms with Crippen LogP contribution < -0.4 is 10.6 Å². The van der Waals surface area contributed by atoms with Crippen molar-refractivity contribution in [3.8, 4) is 0 Å². The van der Waals surface area contributed by atoms with Gasteiger partial charge in [0.2, 0.25) is 5.91 Å². The first kappa shape index (κ1) is 17.3. The van der Waals surface area contributed by atoms with Crippen LogP contribution in [-0.4, -0.2) is 18.2 Å². The quantitative estimate of drug-likeness (QED) is 0.746. The lowest BCUT2D eigenvalue weighted by Crippen LogP contribution is -2.16. The van der Waals surface area contributed by atoms with Crippen LogP contribution in [0.4, 0.5) is 11.4 Å². The smallest absolute Gasteiger partial charge is 0.226 e. The van der Waals surface area contributed by atoms with Gasteiger partial charge in [0.05, 0.1) is 10.7 Å². The van der Waals surface area contributed by atoms with Crippen molar-refractivity contribution >= 4 is 46.3 Å². The van der Waals surface area contributed by atoms with Crippen molar-refractivity contribution in [1.29, 1.82) is 0 Å². The third kappa shape index (κ3) is 5.27. The molecule has 2 rings (SSSR count). The van der Waals surface area contributed by atoms with Crippen LogP contribution in [0.5, 0.6) is 0 Å². The summed E-state index contributed by atoms with van der Waals surface area (Å²) in [5.41, 5.74) is 2.05. The minimum Gasteiger partial charge on any atom is -0.385 e. The van der Waals surface area contributed by atoms with Crippen LogP contribution in [0.15, 0.2) is 42.5 Å². The summed E-state index contributed by atoms with van der Waals surface area (Å²) in [5, 5.41) is 6.78. The number of halogens is 2. The highest BCUT2D eigenvalue weighted by Gasteiger charge is 2.06. The molecule has 0 aliphatic carbocycles. The summed E-state index contributed by atoms with van der Waals surface area (Å²) in [4.78, 5) is 23.1. The summed E-state index contributed by atoms with van der Waals surface area (Å²) in [7, 11) is 0. The van der Waals surface area contributed by atoms with Gasteiger partial charge in [-0.2, -0.15) is 0 Å². The molecule has 0 spiro atoms. The van der Waals surface area contributed by atoms with Crippen LogP contribution in [0, 0.1) is 0 Å². The maximum atomic E-state index is 11.9. The zero-order valence-corrected chi connectivity index (χ0v) is 14.0. The van der Waals surface area contributed by atoms with Gasteiger partial charge >= 0.3 is 0 Å². The van der Waals surface area contributed by atoms with Crippen molar-refractivity contribution in [2.24, 2.45) is 0 Å². The van der Waals surface area contributed by atoms with E-state index in [2.05, 4.69) is 10.6 Å². The van der Waals surface area contributed by atoms with Gasteiger partial charge in [0.25, 0.3) is 0 Å². The molecule has 0 saturated heterocycles. The highest BCUT2D eigenvalue weighted by Crippen LogP contribution is 2.25. The Bertz CT molecular complexity index is 715. The molecule has 0 saturated carbocycles. The Hall–Kier alpha value is -2.04. The van der Waals surface area contributed by atoms with E-state index in [0.29, 0.717) is 27.8 Å². The predicted octanol–water partition coefficient (Wildman–Crippen LogP) is 4.64. The molecule has 2 N–H and O–H groups in total. The fourth-order valence-corrected chi connectivity index (χ4v) is 2.40. The Labute approximate surface area is 144 Å². The molecule has 4 nitrogen and oxygen atoms in total. The molecule has 0 atom stereocenters. The summed E-state index contributed by atoms with van der Waals surface area (Å²) in [5.74, 6) is -0.127. The zero-order valence-electron chi connectivity index (χ0n) is 12.5. The highest BCUT2D eigenvalue weighted by atomic mass is 35.5. The van der Waals surface area contributed by atoms with Gasteiger partial charge in [0.1, 0.15) is 0 Å². The van der Waals surface area contributed by atoms with Crippen molar-refractivity contribution in [2.75, 3.05) is 17.2 Å². The van der Waals surface area contributed by atoms with E-state index in [9.17, 15) is 9.59 Å². The number of amides is 1. The number of anilines is 2. The molecule has 1 amide bonds. The van der Waals surface area contributed by atoms with Crippen LogP contribution >= 0.6 is 23.2 Å². The molecule has 0 aliphatic rings. The summed E-state index contributed by atoms with van der Waals surface area (Å²) in [6, 6.07) is 12.0. The van der Waals surface area contributed by atoms with Crippen molar-refractivity contribution < 1.29 is 9.59 Å². The summed E-state index contributed by atoms with van der Waals surface area (Å²) in [6.07, 6.45) is 0.285. The van der Waals surface area contributed by atoms with Crippen molar-refractivity contribution in [1.82, 2.24) is 0 Å². The molecule has 2 aromatic carbocycles. The molecule has 0 radical (unpaired) electrons. The number of ketones is 1. The minimum atomic E-state index is -0.151. The molecular formula is C17H16Cl2N2O2. The van der Waals surface area contributed by atoms with E-state index in [1.165, 1.54) is 6.92 Å².